The van der Waals surface area contributed by atoms with Gasteiger partial charge in [0.25, 0.3) is 0 Å². The van der Waals surface area contributed by atoms with Gasteiger partial charge in [0.05, 0.1) is 16.4 Å². The first-order valence-electron chi connectivity index (χ1n) is 6.31. The van der Waals surface area contributed by atoms with E-state index in [9.17, 15) is 9.59 Å². The van der Waals surface area contributed by atoms with E-state index in [0.29, 0.717) is 17.3 Å². The van der Waals surface area contributed by atoms with Crippen molar-refractivity contribution in [2.45, 2.75) is 0 Å². The minimum atomic E-state index is -1.26. The summed E-state index contributed by atoms with van der Waals surface area (Å²) < 4.78 is 0.857. The predicted molar refractivity (Wildman–Crippen MR) is 86.4 cm³/mol. The largest absolute Gasteiger partial charge is 0.478 e. The molecule has 1 aromatic heterocycles. The zero-order valence-electron chi connectivity index (χ0n) is 11.5. The van der Waals surface area contributed by atoms with E-state index in [1.807, 2.05) is 12.3 Å². The molecule has 22 heavy (non-hydrogen) atoms. The summed E-state index contributed by atoms with van der Waals surface area (Å²) in [5.74, 6) is -2.51. The van der Waals surface area contributed by atoms with E-state index in [4.69, 9.17) is 21.8 Å². The molecule has 1 aliphatic rings. The second-order valence-electron chi connectivity index (χ2n) is 4.21. The van der Waals surface area contributed by atoms with Crippen LogP contribution in [0.15, 0.2) is 28.9 Å². The Kier molecular flexibility index (Phi) is 7.86. The summed E-state index contributed by atoms with van der Waals surface area (Å²) in [5, 5.41) is 19.5. The lowest BCUT2D eigenvalue weighted by molar-refractivity contribution is -0.134. The van der Waals surface area contributed by atoms with E-state index >= 15 is 0 Å². The van der Waals surface area contributed by atoms with Crippen LogP contribution >= 0.6 is 27.5 Å². The number of carboxylic acids is 2. The van der Waals surface area contributed by atoms with Gasteiger partial charge in [-0.05, 0) is 22.0 Å². The number of carbonyl (C=O) groups is 2. The molecular formula is C13H15BrClN3O4. The van der Waals surface area contributed by atoms with Gasteiger partial charge in [-0.2, -0.15) is 0 Å². The first-order valence-corrected chi connectivity index (χ1v) is 7.48. The van der Waals surface area contributed by atoms with Gasteiger partial charge in [0.15, 0.2) is 0 Å². The number of anilines is 1. The number of nitrogens with one attached hydrogen (secondary N) is 1. The summed E-state index contributed by atoms with van der Waals surface area (Å²) in [6, 6.07) is 2.01. The average Bonchev–Trinajstić information content (AvgIpc) is 2.49. The molecule has 0 aromatic carbocycles. The third-order valence-electron chi connectivity index (χ3n) is 2.63. The van der Waals surface area contributed by atoms with Gasteiger partial charge >= 0.3 is 11.9 Å². The van der Waals surface area contributed by atoms with Crippen LogP contribution < -0.4 is 10.2 Å². The SMILES string of the molecule is Clc1ncc(N2CCNCC2)cc1Br.O=C(O)/C=C/C(=O)O. The Hall–Kier alpha value is -1.64. The van der Waals surface area contributed by atoms with E-state index in [0.717, 1.165) is 36.3 Å². The number of pyridine rings is 1. The second-order valence-corrected chi connectivity index (χ2v) is 5.43. The molecule has 0 unspecified atom stereocenters. The van der Waals surface area contributed by atoms with Crippen molar-refractivity contribution in [2.24, 2.45) is 0 Å². The predicted octanol–water partition coefficient (Wildman–Crippen LogP) is 1.62. The van der Waals surface area contributed by atoms with Gasteiger partial charge in [-0.25, -0.2) is 14.6 Å². The lowest BCUT2D eigenvalue weighted by atomic mass is 10.3. The molecule has 1 aliphatic heterocycles. The maximum atomic E-state index is 9.55. The number of halogens is 2. The zero-order chi connectivity index (χ0) is 16.5. The van der Waals surface area contributed by atoms with E-state index in [1.165, 1.54) is 0 Å². The van der Waals surface area contributed by atoms with Gasteiger partial charge < -0.3 is 20.4 Å². The summed E-state index contributed by atoms with van der Waals surface area (Å²) >= 11 is 9.21. The molecular weight excluding hydrogens is 378 g/mol. The normalized spacial score (nSPS) is 14.4. The average molecular weight is 393 g/mol. The highest BCUT2D eigenvalue weighted by Crippen LogP contribution is 2.25. The summed E-state index contributed by atoms with van der Waals surface area (Å²) in [6.07, 6.45) is 2.93. The van der Waals surface area contributed by atoms with Crippen LogP contribution in [-0.2, 0) is 9.59 Å². The molecule has 0 bridgehead atoms. The van der Waals surface area contributed by atoms with Crippen molar-refractivity contribution in [3.63, 3.8) is 0 Å². The Morgan fingerprint density at radius 2 is 1.82 bits per heavy atom. The molecule has 1 saturated heterocycles. The maximum Gasteiger partial charge on any atom is 0.328 e. The van der Waals surface area contributed by atoms with Crippen molar-refractivity contribution in [3.8, 4) is 0 Å². The monoisotopic (exact) mass is 391 g/mol. The van der Waals surface area contributed by atoms with Crippen LogP contribution in [0.1, 0.15) is 0 Å². The number of aliphatic carboxylic acids is 2. The summed E-state index contributed by atoms with van der Waals surface area (Å²) in [4.78, 5) is 25.5. The first kappa shape index (κ1) is 18.4. The van der Waals surface area contributed by atoms with E-state index in [-0.39, 0.29) is 0 Å². The molecule has 0 aliphatic carbocycles. The van der Waals surface area contributed by atoms with E-state index in [2.05, 4.69) is 31.1 Å². The maximum absolute atomic E-state index is 9.55. The van der Waals surface area contributed by atoms with Crippen LogP contribution in [0.4, 0.5) is 5.69 Å². The second kappa shape index (κ2) is 9.39. The number of hydrogen-bond acceptors (Lipinski definition) is 5. The number of rotatable bonds is 3. The molecule has 0 radical (unpaired) electrons. The molecule has 9 heteroatoms. The fourth-order valence-corrected chi connectivity index (χ4v) is 2.09. The number of carboxylic acid groups (broad SMARTS) is 2. The molecule has 3 N–H and O–H groups in total. The third-order valence-corrected chi connectivity index (χ3v) is 3.77. The highest BCUT2D eigenvalue weighted by atomic mass is 79.9. The smallest absolute Gasteiger partial charge is 0.328 e. The fraction of sp³-hybridized carbons (Fsp3) is 0.308. The van der Waals surface area contributed by atoms with E-state index < -0.39 is 11.9 Å². The molecule has 0 spiro atoms. The van der Waals surface area contributed by atoms with Crippen LogP contribution in [0.2, 0.25) is 5.15 Å². The first-order chi connectivity index (χ1) is 10.4. The Morgan fingerprint density at radius 3 is 2.27 bits per heavy atom. The van der Waals surface area contributed by atoms with Crippen molar-refractivity contribution in [1.82, 2.24) is 10.3 Å². The third kappa shape index (κ3) is 6.88. The Morgan fingerprint density at radius 1 is 1.27 bits per heavy atom. The van der Waals surface area contributed by atoms with Crippen LogP contribution in [-0.4, -0.2) is 53.3 Å². The summed E-state index contributed by atoms with van der Waals surface area (Å²) in [7, 11) is 0. The van der Waals surface area contributed by atoms with Crippen molar-refractivity contribution in [2.75, 3.05) is 31.1 Å². The molecule has 120 valence electrons. The van der Waals surface area contributed by atoms with Crippen LogP contribution in [0.3, 0.4) is 0 Å². The van der Waals surface area contributed by atoms with Crippen molar-refractivity contribution in [1.29, 1.82) is 0 Å². The van der Waals surface area contributed by atoms with Crippen LogP contribution in [0.5, 0.6) is 0 Å². The molecule has 0 saturated carbocycles. The van der Waals surface area contributed by atoms with Gasteiger partial charge in [-0.1, -0.05) is 11.6 Å². The zero-order valence-corrected chi connectivity index (χ0v) is 13.8. The van der Waals surface area contributed by atoms with Gasteiger partial charge in [-0.15, -0.1) is 0 Å². The Balaban J connectivity index is 0.000000261. The van der Waals surface area contributed by atoms with Crippen molar-refractivity contribution >= 4 is 45.2 Å². The molecule has 7 nitrogen and oxygen atoms in total. The molecule has 2 heterocycles. The fourth-order valence-electron chi connectivity index (χ4n) is 1.65. The standard InChI is InChI=1S/C9H11BrClN3.C4H4O4/c10-8-5-7(6-13-9(8)11)14-3-1-12-2-4-14;5-3(6)1-2-4(7)8/h5-6,12H,1-4H2;1-2H,(H,5,6)(H,7,8)/b;2-1+. The lowest BCUT2D eigenvalue weighted by Crippen LogP contribution is -2.43. The number of piperazine rings is 1. The quantitative estimate of drug-likeness (QED) is 0.530. The van der Waals surface area contributed by atoms with Crippen molar-refractivity contribution in [3.05, 3.63) is 34.0 Å². The Labute approximate surface area is 140 Å². The minimum Gasteiger partial charge on any atom is -0.478 e. The number of hydrogen-bond donors (Lipinski definition) is 3. The topological polar surface area (TPSA) is 103 Å². The highest BCUT2D eigenvalue weighted by molar-refractivity contribution is 9.10. The van der Waals surface area contributed by atoms with Gasteiger partial charge in [0.1, 0.15) is 5.15 Å². The summed E-state index contributed by atoms with van der Waals surface area (Å²) in [5.41, 5.74) is 1.13. The lowest BCUT2D eigenvalue weighted by Gasteiger charge is -2.29. The van der Waals surface area contributed by atoms with Gasteiger partial charge in [0.2, 0.25) is 0 Å². The minimum absolute atomic E-state index is 0.517. The number of nitrogens with zero attached hydrogens (tertiary/aromatic N) is 2. The molecule has 0 atom stereocenters. The number of aromatic nitrogens is 1. The van der Waals surface area contributed by atoms with Crippen LogP contribution in [0, 0.1) is 0 Å². The summed E-state index contributed by atoms with van der Waals surface area (Å²) in [6.45, 7) is 4.10. The van der Waals surface area contributed by atoms with Crippen molar-refractivity contribution < 1.29 is 19.8 Å². The van der Waals surface area contributed by atoms with Crippen LogP contribution in [0.25, 0.3) is 0 Å². The molecule has 0 amide bonds. The highest BCUT2D eigenvalue weighted by Gasteiger charge is 2.11. The molecule has 1 fully saturated rings. The molecule has 2 rings (SSSR count). The molecule has 1 aromatic rings. The van der Waals surface area contributed by atoms with E-state index in [1.54, 1.807) is 0 Å². The Bertz CT molecular complexity index is 546. The van der Waals surface area contributed by atoms with Gasteiger partial charge in [-0.3, -0.25) is 0 Å². The van der Waals surface area contributed by atoms with Gasteiger partial charge in [0, 0.05) is 38.3 Å².